The number of urea groups is 1. The van der Waals surface area contributed by atoms with E-state index in [1.807, 2.05) is 24.3 Å². The lowest BCUT2D eigenvalue weighted by Crippen LogP contribution is -2.41. The van der Waals surface area contributed by atoms with Crippen molar-refractivity contribution in [2.24, 2.45) is 0 Å². The van der Waals surface area contributed by atoms with Gasteiger partial charge in [-0.1, -0.05) is 42.8 Å². The number of imide groups is 1. The number of benzene rings is 2. The number of hydrogen-bond acceptors (Lipinski definition) is 3. The second-order valence-electron chi connectivity index (χ2n) is 6.37. The van der Waals surface area contributed by atoms with Crippen LogP contribution in [0.5, 0.6) is 5.75 Å². The van der Waals surface area contributed by atoms with Crippen molar-refractivity contribution in [1.82, 2.24) is 10.2 Å². The van der Waals surface area contributed by atoms with Crippen molar-refractivity contribution >= 4 is 23.5 Å². The molecule has 0 radical (unpaired) electrons. The Balaban J connectivity index is 1.66. The minimum absolute atomic E-state index is 0.185. The molecule has 3 amide bonds. The van der Waals surface area contributed by atoms with Crippen LogP contribution in [0.2, 0.25) is 5.02 Å². The molecule has 1 heterocycles. The predicted octanol–water partition coefficient (Wildman–Crippen LogP) is 3.75. The monoisotopic (exact) mass is 372 g/mol. The van der Waals surface area contributed by atoms with Gasteiger partial charge >= 0.3 is 6.03 Å². The van der Waals surface area contributed by atoms with Crippen LogP contribution < -0.4 is 10.1 Å². The number of carbonyl (C=O) groups is 2. The SMILES string of the molecule is CCc1cccc(OCCN2C(=O)NC(C)(c3ccc(Cl)cc3)C2=O)c1. The van der Waals surface area contributed by atoms with Crippen molar-refractivity contribution in [2.75, 3.05) is 13.2 Å². The molecule has 0 spiro atoms. The Labute approximate surface area is 157 Å². The second-order valence-corrected chi connectivity index (χ2v) is 6.80. The van der Waals surface area contributed by atoms with Gasteiger partial charge in [-0.3, -0.25) is 9.69 Å². The third-order valence-electron chi connectivity index (χ3n) is 4.59. The van der Waals surface area contributed by atoms with Crippen molar-refractivity contribution in [3.63, 3.8) is 0 Å². The minimum Gasteiger partial charge on any atom is -0.492 e. The maximum atomic E-state index is 12.8. The number of aryl methyl sites for hydroxylation is 1. The molecule has 6 heteroatoms. The summed E-state index contributed by atoms with van der Waals surface area (Å²) in [7, 11) is 0. The molecule has 0 aromatic heterocycles. The molecule has 0 aliphatic carbocycles. The molecule has 1 aliphatic heterocycles. The first-order chi connectivity index (χ1) is 12.4. The van der Waals surface area contributed by atoms with Crippen LogP contribution in [-0.2, 0) is 16.8 Å². The van der Waals surface area contributed by atoms with E-state index in [0.29, 0.717) is 10.6 Å². The van der Waals surface area contributed by atoms with Gasteiger partial charge in [0.05, 0.1) is 6.54 Å². The summed E-state index contributed by atoms with van der Waals surface area (Å²) in [6.45, 7) is 4.19. The highest BCUT2D eigenvalue weighted by Crippen LogP contribution is 2.29. The van der Waals surface area contributed by atoms with Crippen LogP contribution in [0.1, 0.15) is 25.0 Å². The zero-order chi connectivity index (χ0) is 18.7. The average molecular weight is 373 g/mol. The zero-order valence-electron chi connectivity index (χ0n) is 14.8. The fourth-order valence-electron chi connectivity index (χ4n) is 2.99. The molecule has 2 aromatic carbocycles. The molecule has 5 nitrogen and oxygen atoms in total. The molecular formula is C20H21ClN2O3. The van der Waals surface area contributed by atoms with Gasteiger partial charge in [-0.05, 0) is 48.7 Å². The number of hydrogen-bond donors (Lipinski definition) is 1. The molecule has 3 rings (SSSR count). The molecule has 1 saturated heterocycles. The van der Waals surface area contributed by atoms with E-state index in [4.69, 9.17) is 16.3 Å². The lowest BCUT2D eigenvalue weighted by molar-refractivity contribution is -0.131. The van der Waals surface area contributed by atoms with E-state index in [1.165, 1.54) is 10.5 Å². The van der Waals surface area contributed by atoms with E-state index in [1.54, 1.807) is 31.2 Å². The zero-order valence-corrected chi connectivity index (χ0v) is 15.5. The van der Waals surface area contributed by atoms with Crippen LogP contribution in [-0.4, -0.2) is 30.0 Å². The van der Waals surface area contributed by atoms with E-state index in [2.05, 4.69) is 12.2 Å². The van der Waals surface area contributed by atoms with Crippen LogP contribution in [0.15, 0.2) is 48.5 Å². The van der Waals surface area contributed by atoms with Gasteiger partial charge in [-0.25, -0.2) is 4.79 Å². The first-order valence-corrected chi connectivity index (χ1v) is 8.93. The van der Waals surface area contributed by atoms with Crippen LogP contribution in [0, 0.1) is 0 Å². The average Bonchev–Trinajstić information content (AvgIpc) is 2.86. The van der Waals surface area contributed by atoms with Gasteiger partial charge in [0.25, 0.3) is 5.91 Å². The van der Waals surface area contributed by atoms with Crippen molar-refractivity contribution in [3.05, 3.63) is 64.7 Å². The summed E-state index contributed by atoms with van der Waals surface area (Å²) in [6, 6.07) is 14.3. The Morgan fingerprint density at radius 1 is 1.15 bits per heavy atom. The summed E-state index contributed by atoms with van der Waals surface area (Å²) in [5.74, 6) is 0.438. The van der Waals surface area contributed by atoms with Gasteiger partial charge in [0.15, 0.2) is 0 Å². The molecule has 2 aromatic rings. The maximum absolute atomic E-state index is 12.8. The summed E-state index contributed by atoms with van der Waals surface area (Å²) in [6.07, 6.45) is 0.920. The van der Waals surface area contributed by atoms with Gasteiger partial charge in [0.2, 0.25) is 0 Å². The van der Waals surface area contributed by atoms with Gasteiger partial charge in [0.1, 0.15) is 17.9 Å². The number of ether oxygens (including phenoxy) is 1. The highest BCUT2D eigenvalue weighted by atomic mass is 35.5. The molecule has 136 valence electrons. The number of rotatable bonds is 6. The summed E-state index contributed by atoms with van der Waals surface area (Å²) >= 11 is 5.91. The fourth-order valence-corrected chi connectivity index (χ4v) is 3.11. The predicted molar refractivity (Wildman–Crippen MR) is 100 cm³/mol. The Hall–Kier alpha value is -2.53. The number of nitrogens with one attached hydrogen (secondary N) is 1. The molecule has 0 saturated carbocycles. The van der Waals surface area contributed by atoms with Crippen molar-refractivity contribution in [2.45, 2.75) is 25.8 Å². The second kappa shape index (κ2) is 7.38. The van der Waals surface area contributed by atoms with E-state index in [-0.39, 0.29) is 19.1 Å². The van der Waals surface area contributed by atoms with Crippen LogP contribution in [0.25, 0.3) is 0 Å². The molecule has 1 aliphatic rings. The molecule has 1 unspecified atom stereocenters. The van der Waals surface area contributed by atoms with Crippen molar-refractivity contribution in [3.8, 4) is 5.75 Å². The third kappa shape index (κ3) is 3.53. The van der Waals surface area contributed by atoms with E-state index < -0.39 is 11.6 Å². The Morgan fingerprint density at radius 3 is 2.58 bits per heavy atom. The Bertz CT molecular complexity index is 822. The Morgan fingerprint density at radius 2 is 1.88 bits per heavy atom. The topological polar surface area (TPSA) is 58.6 Å². The first-order valence-electron chi connectivity index (χ1n) is 8.56. The largest absolute Gasteiger partial charge is 0.492 e. The van der Waals surface area contributed by atoms with E-state index in [9.17, 15) is 9.59 Å². The van der Waals surface area contributed by atoms with Gasteiger partial charge in [-0.15, -0.1) is 0 Å². The smallest absolute Gasteiger partial charge is 0.325 e. The van der Waals surface area contributed by atoms with Crippen molar-refractivity contribution < 1.29 is 14.3 Å². The first kappa shape index (κ1) is 18.3. The molecule has 0 bridgehead atoms. The highest BCUT2D eigenvalue weighted by molar-refractivity contribution is 6.30. The minimum atomic E-state index is -1.09. The van der Waals surface area contributed by atoms with Gasteiger partial charge in [-0.2, -0.15) is 0 Å². The normalized spacial score (nSPS) is 19.6. The molecular weight excluding hydrogens is 352 g/mol. The number of amides is 3. The van der Waals surface area contributed by atoms with Crippen LogP contribution >= 0.6 is 11.6 Å². The lowest BCUT2D eigenvalue weighted by atomic mass is 9.92. The summed E-state index contributed by atoms with van der Waals surface area (Å²) in [5.41, 5.74) is 0.774. The number of halogens is 1. The van der Waals surface area contributed by atoms with E-state index >= 15 is 0 Å². The quantitative estimate of drug-likeness (QED) is 0.785. The fraction of sp³-hybridized carbons (Fsp3) is 0.300. The molecule has 26 heavy (non-hydrogen) atoms. The van der Waals surface area contributed by atoms with Crippen LogP contribution in [0.3, 0.4) is 0 Å². The summed E-state index contributed by atoms with van der Waals surface area (Å²) in [4.78, 5) is 26.3. The number of carbonyl (C=O) groups excluding carboxylic acids is 2. The maximum Gasteiger partial charge on any atom is 0.325 e. The van der Waals surface area contributed by atoms with Crippen LogP contribution in [0.4, 0.5) is 4.79 Å². The Kier molecular flexibility index (Phi) is 5.18. The third-order valence-corrected chi connectivity index (χ3v) is 4.84. The summed E-state index contributed by atoms with van der Waals surface area (Å²) < 4.78 is 5.71. The van der Waals surface area contributed by atoms with Gasteiger partial charge in [0, 0.05) is 5.02 Å². The molecule has 1 N–H and O–H groups in total. The van der Waals surface area contributed by atoms with Crippen molar-refractivity contribution in [1.29, 1.82) is 0 Å². The molecule has 1 atom stereocenters. The number of nitrogens with zero attached hydrogens (tertiary/aromatic N) is 1. The lowest BCUT2D eigenvalue weighted by Gasteiger charge is -2.22. The summed E-state index contributed by atoms with van der Waals surface area (Å²) in [5, 5.41) is 3.35. The highest BCUT2D eigenvalue weighted by Gasteiger charge is 2.48. The van der Waals surface area contributed by atoms with Gasteiger partial charge < -0.3 is 10.1 Å². The van der Waals surface area contributed by atoms with E-state index in [0.717, 1.165) is 12.2 Å². The molecule has 1 fully saturated rings. The standard InChI is InChI=1S/C20H21ClN2O3/c1-3-14-5-4-6-17(13-14)26-12-11-23-18(24)20(2,22-19(23)25)15-7-9-16(21)10-8-15/h4-10,13H,3,11-12H2,1-2H3,(H,22,25).